The summed E-state index contributed by atoms with van der Waals surface area (Å²) in [5.41, 5.74) is 6.55. The van der Waals surface area contributed by atoms with E-state index in [9.17, 15) is 4.39 Å². The summed E-state index contributed by atoms with van der Waals surface area (Å²) >= 11 is 0. The summed E-state index contributed by atoms with van der Waals surface area (Å²) in [5.74, 6) is -0.104. The zero-order valence-corrected chi connectivity index (χ0v) is 10.9. The Labute approximate surface area is 108 Å². The Morgan fingerprint density at radius 3 is 2.83 bits per heavy atom. The summed E-state index contributed by atoms with van der Waals surface area (Å²) in [6.45, 7) is 3.24. The Morgan fingerprint density at radius 1 is 1.50 bits per heavy atom. The number of rotatable bonds is 7. The van der Waals surface area contributed by atoms with Crippen LogP contribution >= 0.6 is 0 Å². The van der Waals surface area contributed by atoms with Crippen LogP contribution in [0.3, 0.4) is 0 Å². The van der Waals surface area contributed by atoms with Crippen molar-refractivity contribution in [3.8, 4) is 5.75 Å². The third-order valence-electron chi connectivity index (χ3n) is 2.75. The molecular formula is C14H21FN2O. The number of methoxy groups -OCH3 is 1. The minimum atomic E-state index is -0.358. The van der Waals surface area contributed by atoms with Crippen molar-refractivity contribution >= 4 is 0 Å². The van der Waals surface area contributed by atoms with Gasteiger partial charge in [-0.05, 0) is 37.6 Å². The molecule has 0 bridgehead atoms. The first-order chi connectivity index (χ1) is 8.72. The first-order valence-electron chi connectivity index (χ1n) is 6.11. The fourth-order valence-electron chi connectivity index (χ4n) is 1.74. The summed E-state index contributed by atoms with van der Waals surface area (Å²) in [6.07, 6.45) is 5.02. The monoisotopic (exact) mass is 252 g/mol. The Hall–Kier alpha value is -1.39. The van der Waals surface area contributed by atoms with Gasteiger partial charge in [-0.2, -0.15) is 0 Å². The number of nitrogens with one attached hydrogen (secondary N) is 1. The molecule has 18 heavy (non-hydrogen) atoms. The van der Waals surface area contributed by atoms with Crippen molar-refractivity contribution in [2.75, 3.05) is 20.2 Å². The molecule has 0 aliphatic rings. The molecule has 1 unspecified atom stereocenters. The molecule has 0 fully saturated rings. The molecular weight excluding hydrogens is 231 g/mol. The summed E-state index contributed by atoms with van der Waals surface area (Å²) in [5, 5.41) is 3.30. The molecule has 1 aromatic rings. The van der Waals surface area contributed by atoms with Crippen molar-refractivity contribution in [3.63, 3.8) is 0 Å². The first kappa shape index (κ1) is 14.7. The molecule has 3 N–H and O–H groups in total. The number of ether oxygens (including phenoxy) is 1. The van der Waals surface area contributed by atoms with Gasteiger partial charge in [0.1, 0.15) is 0 Å². The quantitative estimate of drug-likeness (QED) is 0.578. The van der Waals surface area contributed by atoms with Gasteiger partial charge >= 0.3 is 0 Å². The molecule has 0 aliphatic heterocycles. The van der Waals surface area contributed by atoms with E-state index < -0.39 is 0 Å². The van der Waals surface area contributed by atoms with E-state index in [0.717, 1.165) is 18.5 Å². The van der Waals surface area contributed by atoms with Gasteiger partial charge in [0.15, 0.2) is 11.6 Å². The first-order valence-corrected chi connectivity index (χ1v) is 6.11. The molecule has 3 nitrogen and oxygen atoms in total. The summed E-state index contributed by atoms with van der Waals surface area (Å²) in [6, 6.07) is 4.90. The van der Waals surface area contributed by atoms with E-state index in [0.29, 0.717) is 6.54 Å². The molecule has 0 saturated carbocycles. The van der Waals surface area contributed by atoms with Gasteiger partial charge in [0.2, 0.25) is 0 Å². The van der Waals surface area contributed by atoms with Crippen molar-refractivity contribution in [2.45, 2.75) is 19.4 Å². The van der Waals surface area contributed by atoms with Crippen molar-refractivity contribution < 1.29 is 9.13 Å². The fraction of sp³-hybridized carbons (Fsp3) is 0.429. The van der Waals surface area contributed by atoms with Crippen LogP contribution in [0, 0.1) is 5.82 Å². The smallest absolute Gasteiger partial charge is 0.165 e. The Morgan fingerprint density at radius 2 is 2.28 bits per heavy atom. The predicted octanol–water partition coefficient (Wildman–Crippen LogP) is 2.39. The average Bonchev–Trinajstić information content (AvgIpc) is 2.39. The lowest BCUT2D eigenvalue weighted by Gasteiger charge is -2.17. The molecule has 1 atom stereocenters. The van der Waals surface area contributed by atoms with Crippen molar-refractivity contribution in [1.29, 1.82) is 0 Å². The van der Waals surface area contributed by atoms with Gasteiger partial charge in [-0.1, -0.05) is 18.2 Å². The summed E-state index contributed by atoms with van der Waals surface area (Å²) in [4.78, 5) is 0. The Balaban J connectivity index is 2.66. The van der Waals surface area contributed by atoms with Crippen LogP contribution in [-0.2, 0) is 0 Å². The lowest BCUT2D eigenvalue weighted by atomic mass is 10.1. The van der Waals surface area contributed by atoms with Crippen LogP contribution in [0.5, 0.6) is 5.75 Å². The topological polar surface area (TPSA) is 47.3 Å². The van der Waals surface area contributed by atoms with E-state index >= 15 is 0 Å². The Bertz CT molecular complexity index is 393. The maximum Gasteiger partial charge on any atom is 0.165 e. The molecule has 0 saturated heterocycles. The number of allylic oxidation sites excluding steroid dienone is 1. The maximum atomic E-state index is 13.6. The largest absolute Gasteiger partial charge is 0.494 e. The second-order valence-corrected chi connectivity index (χ2v) is 3.99. The van der Waals surface area contributed by atoms with E-state index in [4.69, 9.17) is 10.5 Å². The highest BCUT2D eigenvalue weighted by Crippen LogP contribution is 2.21. The third-order valence-corrected chi connectivity index (χ3v) is 2.75. The molecule has 0 amide bonds. The van der Waals surface area contributed by atoms with Crippen LogP contribution in [0.15, 0.2) is 30.4 Å². The van der Waals surface area contributed by atoms with Crippen LogP contribution in [0.25, 0.3) is 0 Å². The van der Waals surface area contributed by atoms with E-state index in [1.54, 1.807) is 6.07 Å². The second kappa shape index (κ2) is 7.84. The number of halogens is 1. The minimum absolute atomic E-state index is 0.0318. The van der Waals surface area contributed by atoms with Crippen molar-refractivity contribution in [3.05, 3.63) is 41.7 Å². The molecule has 0 heterocycles. The highest BCUT2D eigenvalue weighted by molar-refractivity contribution is 5.31. The van der Waals surface area contributed by atoms with Gasteiger partial charge in [-0.25, -0.2) is 4.39 Å². The number of hydrogen-bond donors (Lipinski definition) is 2. The summed E-state index contributed by atoms with van der Waals surface area (Å²) < 4.78 is 18.5. The van der Waals surface area contributed by atoms with Gasteiger partial charge in [-0.15, -0.1) is 0 Å². The molecule has 100 valence electrons. The fourth-order valence-corrected chi connectivity index (χ4v) is 1.74. The molecule has 0 aliphatic carbocycles. The van der Waals surface area contributed by atoms with Crippen molar-refractivity contribution in [2.24, 2.45) is 5.73 Å². The summed E-state index contributed by atoms with van der Waals surface area (Å²) in [7, 11) is 1.45. The van der Waals surface area contributed by atoms with E-state index in [-0.39, 0.29) is 17.6 Å². The van der Waals surface area contributed by atoms with Crippen molar-refractivity contribution in [1.82, 2.24) is 5.32 Å². The van der Waals surface area contributed by atoms with Crippen LogP contribution in [0.2, 0.25) is 0 Å². The van der Waals surface area contributed by atoms with Gasteiger partial charge in [0, 0.05) is 12.6 Å². The van der Waals surface area contributed by atoms with Gasteiger partial charge in [-0.3, -0.25) is 0 Å². The number of benzene rings is 1. The standard InChI is InChI=1S/C14H21FN2O/c1-3-4-5-8-17-13(10-16)11-6-7-14(18-2)12(15)9-11/h3-4,6-7,9,13,17H,5,8,10,16H2,1-2H3/b4-3+. The van der Waals surface area contributed by atoms with Crippen LogP contribution < -0.4 is 15.8 Å². The second-order valence-electron chi connectivity index (χ2n) is 3.99. The molecule has 0 aromatic heterocycles. The zero-order chi connectivity index (χ0) is 13.4. The van der Waals surface area contributed by atoms with Gasteiger partial charge in [0.25, 0.3) is 0 Å². The zero-order valence-electron chi connectivity index (χ0n) is 10.9. The maximum absolute atomic E-state index is 13.6. The number of nitrogens with two attached hydrogens (primary N) is 1. The normalized spacial score (nSPS) is 12.9. The van der Waals surface area contributed by atoms with E-state index in [1.807, 2.05) is 19.1 Å². The SMILES string of the molecule is C/C=C/CCNC(CN)c1ccc(OC)c(F)c1. The predicted molar refractivity (Wildman–Crippen MR) is 72.2 cm³/mol. The third kappa shape index (κ3) is 4.13. The van der Waals surface area contributed by atoms with Crippen LogP contribution in [0.4, 0.5) is 4.39 Å². The van der Waals surface area contributed by atoms with Gasteiger partial charge in [0.05, 0.1) is 7.11 Å². The minimum Gasteiger partial charge on any atom is -0.494 e. The Kier molecular flexibility index (Phi) is 6.39. The van der Waals surface area contributed by atoms with E-state index in [2.05, 4.69) is 11.4 Å². The lowest BCUT2D eigenvalue weighted by Crippen LogP contribution is -2.28. The highest BCUT2D eigenvalue weighted by atomic mass is 19.1. The molecule has 1 aromatic carbocycles. The van der Waals surface area contributed by atoms with E-state index in [1.165, 1.54) is 13.2 Å². The molecule has 0 radical (unpaired) electrons. The lowest BCUT2D eigenvalue weighted by molar-refractivity contribution is 0.385. The number of hydrogen-bond acceptors (Lipinski definition) is 3. The molecule has 1 rings (SSSR count). The highest BCUT2D eigenvalue weighted by Gasteiger charge is 2.11. The molecule has 4 heteroatoms. The van der Waals surface area contributed by atoms with Gasteiger partial charge < -0.3 is 15.8 Å². The average molecular weight is 252 g/mol. The van der Waals surface area contributed by atoms with Crippen LogP contribution in [0.1, 0.15) is 24.9 Å². The van der Waals surface area contributed by atoms with Crippen LogP contribution in [-0.4, -0.2) is 20.2 Å². The molecule has 0 spiro atoms.